The first-order valence-corrected chi connectivity index (χ1v) is 7.73. The SMILES string of the molecule is CCC(CO)Nc1nc(C2CCCCC2)nc(Cl)c1N. The minimum Gasteiger partial charge on any atom is -0.394 e. The Morgan fingerprint density at radius 1 is 1.35 bits per heavy atom. The van der Waals surface area contributed by atoms with Crippen molar-refractivity contribution in [1.82, 2.24) is 9.97 Å². The van der Waals surface area contributed by atoms with Crippen LogP contribution < -0.4 is 11.1 Å². The Morgan fingerprint density at radius 2 is 2.05 bits per heavy atom. The molecule has 1 aliphatic carbocycles. The summed E-state index contributed by atoms with van der Waals surface area (Å²) in [6.45, 7) is 2.03. The minimum absolute atomic E-state index is 0.0380. The van der Waals surface area contributed by atoms with Crippen LogP contribution in [0.4, 0.5) is 11.5 Å². The van der Waals surface area contributed by atoms with E-state index < -0.39 is 0 Å². The fourth-order valence-electron chi connectivity index (χ4n) is 2.58. The Kier molecular flexibility index (Phi) is 5.43. The molecular formula is C14H23ClN4O. The van der Waals surface area contributed by atoms with E-state index in [9.17, 15) is 5.11 Å². The fraction of sp³-hybridized carbons (Fsp3) is 0.714. The van der Waals surface area contributed by atoms with Gasteiger partial charge in [-0.25, -0.2) is 9.97 Å². The van der Waals surface area contributed by atoms with Gasteiger partial charge in [-0.05, 0) is 19.3 Å². The number of halogens is 1. The maximum absolute atomic E-state index is 9.29. The van der Waals surface area contributed by atoms with Crippen LogP contribution in [0.25, 0.3) is 0 Å². The molecule has 1 fully saturated rings. The van der Waals surface area contributed by atoms with Gasteiger partial charge in [0.05, 0.1) is 12.6 Å². The van der Waals surface area contributed by atoms with E-state index in [2.05, 4.69) is 15.3 Å². The Bertz CT molecular complexity index is 445. The first-order valence-electron chi connectivity index (χ1n) is 7.36. The maximum atomic E-state index is 9.29. The molecule has 1 aromatic rings. The molecule has 1 aromatic heterocycles. The Hall–Kier alpha value is -1.07. The molecule has 2 rings (SSSR count). The second kappa shape index (κ2) is 7.09. The van der Waals surface area contributed by atoms with Crippen molar-refractivity contribution in [3.8, 4) is 0 Å². The lowest BCUT2D eigenvalue weighted by Gasteiger charge is -2.22. The zero-order valence-electron chi connectivity index (χ0n) is 11.9. The Morgan fingerprint density at radius 3 is 2.65 bits per heavy atom. The summed E-state index contributed by atoms with van der Waals surface area (Å²) in [5, 5.41) is 12.7. The van der Waals surface area contributed by atoms with Gasteiger partial charge in [0.1, 0.15) is 11.5 Å². The summed E-state index contributed by atoms with van der Waals surface area (Å²) in [6.07, 6.45) is 6.72. The number of aliphatic hydroxyl groups is 1. The third-order valence-corrected chi connectivity index (χ3v) is 4.23. The van der Waals surface area contributed by atoms with Crippen molar-refractivity contribution in [3.63, 3.8) is 0 Å². The molecule has 112 valence electrons. The summed E-state index contributed by atoms with van der Waals surface area (Å²) < 4.78 is 0. The van der Waals surface area contributed by atoms with Gasteiger partial charge in [0.2, 0.25) is 0 Å². The van der Waals surface area contributed by atoms with Crippen molar-refractivity contribution in [1.29, 1.82) is 0 Å². The van der Waals surface area contributed by atoms with Gasteiger partial charge in [-0.1, -0.05) is 37.8 Å². The molecule has 0 radical (unpaired) electrons. The highest BCUT2D eigenvalue weighted by Gasteiger charge is 2.21. The summed E-state index contributed by atoms with van der Waals surface area (Å²) >= 11 is 6.13. The van der Waals surface area contributed by atoms with Crippen LogP contribution in [0, 0.1) is 0 Å². The standard InChI is InChI=1S/C14H23ClN4O/c1-2-10(8-20)17-14-11(16)12(15)18-13(19-14)9-6-4-3-5-7-9/h9-10,20H,2-8,16H2,1H3,(H,17,18,19). The van der Waals surface area contributed by atoms with E-state index in [0.29, 0.717) is 22.6 Å². The molecule has 0 amide bonds. The van der Waals surface area contributed by atoms with E-state index in [-0.39, 0.29) is 12.6 Å². The van der Waals surface area contributed by atoms with Crippen LogP contribution in [0.2, 0.25) is 5.15 Å². The molecule has 6 heteroatoms. The number of aliphatic hydroxyl groups excluding tert-OH is 1. The molecule has 1 saturated carbocycles. The van der Waals surface area contributed by atoms with Crippen LogP contribution in [0.5, 0.6) is 0 Å². The molecule has 0 bridgehead atoms. The van der Waals surface area contributed by atoms with Crippen LogP contribution in [-0.4, -0.2) is 27.7 Å². The van der Waals surface area contributed by atoms with Gasteiger partial charge in [-0.2, -0.15) is 0 Å². The number of nitrogens with zero attached hydrogens (tertiary/aromatic N) is 2. The van der Waals surface area contributed by atoms with Crippen molar-refractivity contribution in [3.05, 3.63) is 11.0 Å². The largest absolute Gasteiger partial charge is 0.394 e. The average Bonchev–Trinajstić information content (AvgIpc) is 2.49. The van der Waals surface area contributed by atoms with E-state index in [1.54, 1.807) is 0 Å². The van der Waals surface area contributed by atoms with Gasteiger partial charge in [0.15, 0.2) is 11.0 Å². The molecule has 0 aliphatic heterocycles. The summed E-state index contributed by atoms with van der Waals surface area (Å²) in [5.41, 5.74) is 6.30. The monoisotopic (exact) mass is 298 g/mol. The van der Waals surface area contributed by atoms with Crippen LogP contribution in [0.15, 0.2) is 0 Å². The number of hydrogen-bond acceptors (Lipinski definition) is 5. The van der Waals surface area contributed by atoms with E-state index in [1.807, 2.05) is 6.92 Å². The number of nitrogens with two attached hydrogens (primary N) is 1. The lowest BCUT2D eigenvalue weighted by Crippen LogP contribution is -2.25. The summed E-state index contributed by atoms with van der Waals surface area (Å²) in [6, 6.07) is -0.0672. The number of rotatable bonds is 5. The first-order chi connectivity index (χ1) is 9.65. The van der Waals surface area contributed by atoms with Crippen LogP contribution >= 0.6 is 11.6 Å². The van der Waals surface area contributed by atoms with Crippen molar-refractivity contribution < 1.29 is 5.11 Å². The summed E-state index contributed by atoms with van der Waals surface area (Å²) in [4.78, 5) is 8.89. The van der Waals surface area contributed by atoms with Gasteiger partial charge in [0.25, 0.3) is 0 Å². The van der Waals surface area contributed by atoms with Crippen LogP contribution in [0.3, 0.4) is 0 Å². The Labute approximate surface area is 125 Å². The number of nitrogen functional groups attached to an aromatic ring is 1. The van der Waals surface area contributed by atoms with Gasteiger partial charge < -0.3 is 16.2 Å². The predicted octanol–water partition coefficient (Wildman–Crippen LogP) is 2.94. The van der Waals surface area contributed by atoms with Gasteiger partial charge in [-0.3, -0.25) is 0 Å². The number of anilines is 2. The first kappa shape index (κ1) is 15.3. The maximum Gasteiger partial charge on any atom is 0.157 e. The molecule has 0 aromatic carbocycles. The zero-order chi connectivity index (χ0) is 14.5. The molecular weight excluding hydrogens is 276 g/mol. The van der Waals surface area contributed by atoms with E-state index in [4.69, 9.17) is 17.3 Å². The second-order valence-corrected chi connectivity index (χ2v) is 5.76. The highest BCUT2D eigenvalue weighted by molar-refractivity contribution is 6.32. The minimum atomic E-state index is -0.0672. The van der Waals surface area contributed by atoms with E-state index >= 15 is 0 Å². The molecule has 1 unspecified atom stereocenters. The zero-order valence-corrected chi connectivity index (χ0v) is 12.7. The molecule has 4 N–H and O–H groups in total. The van der Waals surface area contributed by atoms with Gasteiger partial charge in [-0.15, -0.1) is 0 Å². The molecule has 1 aliphatic rings. The molecule has 5 nitrogen and oxygen atoms in total. The second-order valence-electron chi connectivity index (χ2n) is 5.40. The molecule has 0 spiro atoms. The number of hydrogen-bond donors (Lipinski definition) is 3. The lowest BCUT2D eigenvalue weighted by atomic mass is 9.89. The Balaban J connectivity index is 2.24. The average molecular weight is 299 g/mol. The lowest BCUT2D eigenvalue weighted by molar-refractivity contribution is 0.271. The van der Waals surface area contributed by atoms with Crippen molar-refractivity contribution >= 4 is 23.1 Å². The fourth-order valence-corrected chi connectivity index (χ4v) is 2.76. The van der Waals surface area contributed by atoms with Crippen molar-refractivity contribution in [2.24, 2.45) is 0 Å². The van der Waals surface area contributed by atoms with E-state index in [1.165, 1.54) is 19.3 Å². The van der Waals surface area contributed by atoms with Crippen molar-refractivity contribution in [2.75, 3.05) is 17.7 Å². The molecule has 1 heterocycles. The smallest absolute Gasteiger partial charge is 0.157 e. The van der Waals surface area contributed by atoms with Crippen molar-refractivity contribution in [2.45, 2.75) is 57.4 Å². The van der Waals surface area contributed by atoms with E-state index in [0.717, 1.165) is 25.1 Å². The third kappa shape index (κ3) is 3.52. The molecule has 20 heavy (non-hydrogen) atoms. The number of nitrogens with one attached hydrogen (secondary N) is 1. The van der Waals surface area contributed by atoms with Crippen LogP contribution in [0.1, 0.15) is 57.2 Å². The highest BCUT2D eigenvalue weighted by Crippen LogP contribution is 2.34. The third-order valence-electron chi connectivity index (χ3n) is 3.94. The predicted molar refractivity (Wildman–Crippen MR) is 82.1 cm³/mol. The normalized spacial score (nSPS) is 17.9. The molecule has 1 atom stereocenters. The number of aromatic nitrogens is 2. The van der Waals surface area contributed by atoms with Gasteiger partial charge in [0, 0.05) is 5.92 Å². The summed E-state index contributed by atoms with van der Waals surface area (Å²) in [7, 11) is 0. The summed E-state index contributed by atoms with van der Waals surface area (Å²) in [5.74, 6) is 1.70. The van der Waals surface area contributed by atoms with Crippen LogP contribution in [-0.2, 0) is 0 Å². The van der Waals surface area contributed by atoms with Gasteiger partial charge >= 0.3 is 0 Å². The topological polar surface area (TPSA) is 84.1 Å². The highest BCUT2D eigenvalue weighted by atomic mass is 35.5. The quantitative estimate of drug-likeness (QED) is 0.728. The molecule has 0 saturated heterocycles.